The predicted octanol–water partition coefficient (Wildman–Crippen LogP) is 0.426. The van der Waals surface area contributed by atoms with Crippen molar-refractivity contribution in [1.29, 1.82) is 0 Å². The SMILES string of the molecule is O=S(=O)(NCC(F)(F)C(F)F)N1CCCC(CO)C1. The molecule has 0 aliphatic carbocycles. The van der Waals surface area contributed by atoms with Crippen LogP contribution in [0.1, 0.15) is 12.8 Å². The highest BCUT2D eigenvalue weighted by Crippen LogP contribution is 2.23. The van der Waals surface area contributed by atoms with Crippen LogP contribution in [0.5, 0.6) is 0 Å². The fraction of sp³-hybridized carbons (Fsp3) is 1.00. The fourth-order valence-electron chi connectivity index (χ4n) is 1.75. The first-order valence-electron chi connectivity index (χ1n) is 5.70. The zero-order chi connectivity index (χ0) is 14.7. The Bertz CT molecular complexity index is 391. The predicted molar refractivity (Wildman–Crippen MR) is 59.3 cm³/mol. The second-order valence-electron chi connectivity index (χ2n) is 4.44. The maximum atomic E-state index is 12.7. The third kappa shape index (κ3) is 4.55. The molecule has 114 valence electrons. The molecule has 19 heavy (non-hydrogen) atoms. The van der Waals surface area contributed by atoms with Crippen LogP contribution in [0, 0.1) is 5.92 Å². The molecule has 1 saturated heterocycles. The molecule has 1 atom stereocenters. The molecule has 0 aromatic heterocycles. The maximum absolute atomic E-state index is 12.7. The molecule has 0 saturated carbocycles. The highest BCUT2D eigenvalue weighted by molar-refractivity contribution is 7.87. The van der Waals surface area contributed by atoms with Gasteiger partial charge in [0.05, 0.1) is 6.54 Å². The molecule has 0 radical (unpaired) electrons. The third-order valence-corrected chi connectivity index (χ3v) is 4.41. The summed E-state index contributed by atoms with van der Waals surface area (Å²) in [6.07, 6.45) is -2.81. The van der Waals surface area contributed by atoms with Gasteiger partial charge in [-0.15, -0.1) is 0 Å². The van der Waals surface area contributed by atoms with Gasteiger partial charge in [0.1, 0.15) is 0 Å². The number of rotatable bonds is 6. The lowest BCUT2D eigenvalue weighted by atomic mass is 10.0. The minimum Gasteiger partial charge on any atom is -0.396 e. The van der Waals surface area contributed by atoms with E-state index in [1.54, 1.807) is 0 Å². The average molecular weight is 308 g/mol. The highest BCUT2D eigenvalue weighted by atomic mass is 32.2. The summed E-state index contributed by atoms with van der Waals surface area (Å²) >= 11 is 0. The quantitative estimate of drug-likeness (QED) is 0.699. The van der Waals surface area contributed by atoms with Crippen molar-refractivity contribution in [3.8, 4) is 0 Å². The summed E-state index contributed by atoms with van der Waals surface area (Å²) in [6, 6.07) is 0. The summed E-state index contributed by atoms with van der Waals surface area (Å²) in [6.45, 7) is -1.75. The Hall–Kier alpha value is -0.450. The van der Waals surface area contributed by atoms with Gasteiger partial charge >= 0.3 is 12.3 Å². The molecule has 1 aliphatic heterocycles. The number of aliphatic hydroxyl groups excluding tert-OH is 1. The van der Waals surface area contributed by atoms with E-state index in [0.29, 0.717) is 12.8 Å². The lowest BCUT2D eigenvalue weighted by Crippen LogP contribution is -2.50. The second kappa shape index (κ2) is 6.33. The molecule has 0 aromatic rings. The van der Waals surface area contributed by atoms with Crippen molar-refractivity contribution in [2.45, 2.75) is 25.2 Å². The first-order chi connectivity index (χ1) is 8.69. The number of halogens is 4. The molecular formula is C9H16F4N2O3S. The number of hydrogen-bond acceptors (Lipinski definition) is 3. The van der Waals surface area contributed by atoms with E-state index in [-0.39, 0.29) is 25.6 Å². The monoisotopic (exact) mass is 308 g/mol. The van der Waals surface area contributed by atoms with Crippen molar-refractivity contribution in [1.82, 2.24) is 9.03 Å². The lowest BCUT2D eigenvalue weighted by Gasteiger charge is -2.31. The van der Waals surface area contributed by atoms with Crippen molar-refractivity contribution >= 4 is 10.2 Å². The summed E-state index contributed by atoms with van der Waals surface area (Å²) in [5.74, 6) is -4.67. The van der Waals surface area contributed by atoms with E-state index >= 15 is 0 Å². The smallest absolute Gasteiger partial charge is 0.320 e. The van der Waals surface area contributed by atoms with Gasteiger partial charge in [-0.3, -0.25) is 0 Å². The van der Waals surface area contributed by atoms with E-state index in [9.17, 15) is 26.0 Å². The van der Waals surface area contributed by atoms with Gasteiger partial charge in [0.25, 0.3) is 10.2 Å². The Morgan fingerprint density at radius 1 is 1.42 bits per heavy atom. The Morgan fingerprint density at radius 2 is 2.05 bits per heavy atom. The summed E-state index contributed by atoms with van der Waals surface area (Å²) in [7, 11) is -4.23. The van der Waals surface area contributed by atoms with E-state index in [0.717, 1.165) is 4.31 Å². The molecule has 0 aromatic carbocycles. The van der Waals surface area contributed by atoms with E-state index in [4.69, 9.17) is 5.11 Å². The molecular weight excluding hydrogens is 292 g/mol. The average Bonchev–Trinajstić information content (AvgIpc) is 2.36. The summed E-state index contributed by atoms with van der Waals surface area (Å²) in [5, 5.41) is 8.95. The molecule has 1 aliphatic rings. The Morgan fingerprint density at radius 3 is 2.58 bits per heavy atom. The van der Waals surface area contributed by atoms with Gasteiger partial charge in [-0.05, 0) is 18.8 Å². The molecule has 10 heteroatoms. The molecule has 0 amide bonds. The zero-order valence-corrected chi connectivity index (χ0v) is 10.8. The van der Waals surface area contributed by atoms with Gasteiger partial charge < -0.3 is 5.11 Å². The van der Waals surface area contributed by atoms with Crippen LogP contribution in [0.4, 0.5) is 17.6 Å². The standard InChI is InChI=1S/C9H16F4N2O3S/c10-8(11)9(12,13)6-14-19(17,18)15-3-1-2-7(4-15)5-16/h7-8,14,16H,1-6H2. The number of nitrogens with one attached hydrogen (secondary N) is 1. The van der Waals surface area contributed by atoms with Crippen LogP contribution >= 0.6 is 0 Å². The van der Waals surface area contributed by atoms with Gasteiger partial charge in [-0.25, -0.2) is 8.78 Å². The van der Waals surface area contributed by atoms with Crippen molar-refractivity contribution in [2.75, 3.05) is 26.2 Å². The minimum atomic E-state index is -4.40. The van der Waals surface area contributed by atoms with Gasteiger partial charge in [-0.1, -0.05) is 0 Å². The number of aliphatic hydroxyl groups is 1. The van der Waals surface area contributed by atoms with Crippen LogP contribution < -0.4 is 4.72 Å². The van der Waals surface area contributed by atoms with Crippen molar-refractivity contribution in [3.63, 3.8) is 0 Å². The highest BCUT2D eigenvalue weighted by Gasteiger charge is 2.42. The van der Waals surface area contributed by atoms with Crippen LogP contribution in [-0.4, -0.2) is 56.4 Å². The van der Waals surface area contributed by atoms with E-state index < -0.39 is 29.1 Å². The van der Waals surface area contributed by atoms with Gasteiger partial charge in [-0.2, -0.15) is 26.2 Å². The third-order valence-electron chi connectivity index (χ3n) is 2.89. The summed E-state index contributed by atoms with van der Waals surface area (Å²) < 4.78 is 74.8. The van der Waals surface area contributed by atoms with Gasteiger partial charge in [0.15, 0.2) is 0 Å². The van der Waals surface area contributed by atoms with Crippen molar-refractivity contribution in [3.05, 3.63) is 0 Å². The van der Waals surface area contributed by atoms with Crippen LogP contribution in [0.3, 0.4) is 0 Å². The number of nitrogens with zero attached hydrogens (tertiary/aromatic N) is 1. The molecule has 1 unspecified atom stereocenters. The van der Waals surface area contributed by atoms with Crippen LogP contribution in [-0.2, 0) is 10.2 Å². The fourth-order valence-corrected chi connectivity index (χ4v) is 3.08. The summed E-state index contributed by atoms with van der Waals surface area (Å²) in [4.78, 5) is 0. The first-order valence-corrected chi connectivity index (χ1v) is 7.14. The molecule has 0 bridgehead atoms. The second-order valence-corrected chi connectivity index (χ2v) is 6.19. The molecule has 5 nitrogen and oxygen atoms in total. The normalized spacial score (nSPS) is 22.9. The first kappa shape index (κ1) is 16.6. The lowest BCUT2D eigenvalue weighted by molar-refractivity contribution is -0.122. The van der Waals surface area contributed by atoms with Crippen LogP contribution in [0.2, 0.25) is 0 Å². The van der Waals surface area contributed by atoms with E-state index in [1.165, 1.54) is 4.72 Å². The Kier molecular flexibility index (Phi) is 5.53. The number of piperidine rings is 1. The number of hydrogen-bond donors (Lipinski definition) is 2. The molecule has 0 spiro atoms. The largest absolute Gasteiger partial charge is 0.396 e. The molecule has 1 fully saturated rings. The van der Waals surface area contributed by atoms with Crippen molar-refractivity contribution in [2.24, 2.45) is 5.92 Å². The van der Waals surface area contributed by atoms with Crippen LogP contribution in [0.15, 0.2) is 0 Å². The Labute approximate surface area is 108 Å². The minimum absolute atomic E-state index is 0.00785. The molecule has 1 heterocycles. The Balaban J connectivity index is 2.61. The summed E-state index contributed by atoms with van der Waals surface area (Å²) in [5.41, 5.74) is 0. The maximum Gasteiger partial charge on any atom is 0.320 e. The van der Waals surface area contributed by atoms with E-state index in [1.807, 2.05) is 0 Å². The van der Waals surface area contributed by atoms with Crippen LogP contribution in [0.25, 0.3) is 0 Å². The number of alkyl halides is 4. The van der Waals surface area contributed by atoms with Gasteiger partial charge in [0.2, 0.25) is 0 Å². The van der Waals surface area contributed by atoms with Gasteiger partial charge in [0, 0.05) is 19.7 Å². The van der Waals surface area contributed by atoms with Crippen molar-refractivity contribution < 1.29 is 31.1 Å². The topological polar surface area (TPSA) is 69.6 Å². The zero-order valence-electron chi connectivity index (χ0n) is 10.0. The molecule has 2 N–H and O–H groups in total. The van der Waals surface area contributed by atoms with E-state index in [2.05, 4.69) is 0 Å². The molecule has 1 rings (SSSR count).